The molecule has 2 N–H and O–H groups in total. The number of rotatable bonds is 7. The SMILES string of the molecule is CCOc1cc(CNCC(=O)O)ccc1N1CCCC(C)C1. The van der Waals surface area contributed by atoms with Crippen molar-refractivity contribution in [3.63, 3.8) is 0 Å². The van der Waals surface area contributed by atoms with Crippen molar-refractivity contribution in [1.29, 1.82) is 0 Å². The lowest BCUT2D eigenvalue weighted by Gasteiger charge is -2.34. The van der Waals surface area contributed by atoms with Crippen LogP contribution in [0.5, 0.6) is 5.75 Å². The number of benzene rings is 1. The number of carbonyl (C=O) groups is 1. The lowest BCUT2D eigenvalue weighted by molar-refractivity contribution is -0.135. The Kier molecular flexibility index (Phi) is 6.07. The number of hydrogen-bond donors (Lipinski definition) is 2. The predicted octanol–water partition coefficient (Wildman–Crippen LogP) is 2.50. The van der Waals surface area contributed by atoms with Crippen LogP contribution in [0.4, 0.5) is 5.69 Å². The minimum Gasteiger partial charge on any atom is -0.492 e. The largest absolute Gasteiger partial charge is 0.492 e. The summed E-state index contributed by atoms with van der Waals surface area (Å²) in [6, 6.07) is 6.17. The van der Waals surface area contributed by atoms with Crippen molar-refractivity contribution < 1.29 is 14.6 Å². The molecule has 0 radical (unpaired) electrons. The van der Waals surface area contributed by atoms with Gasteiger partial charge in [0.1, 0.15) is 5.75 Å². The highest BCUT2D eigenvalue weighted by Gasteiger charge is 2.19. The summed E-state index contributed by atoms with van der Waals surface area (Å²) < 4.78 is 5.81. The van der Waals surface area contributed by atoms with E-state index in [1.54, 1.807) is 0 Å². The van der Waals surface area contributed by atoms with Crippen molar-refractivity contribution in [3.05, 3.63) is 23.8 Å². The van der Waals surface area contributed by atoms with Crippen molar-refractivity contribution in [3.8, 4) is 5.75 Å². The number of nitrogens with zero attached hydrogens (tertiary/aromatic N) is 1. The third-order valence-electron chi connectivity index (χ3n) is 3.93. The first-order valence-electron chi connectivity index (χ1n) is 8.03. The minimum absolute atomic E-state index is 0.0324. The molecule has 2 rings (SSSR count). The Balaban J connectivity index is 2.10. The number of ether oxygens (including phenoxy) is 1. The van der Waals surface area contributed by atoms with Crippen molar-refractivity contribution in [2.24, 2.45) is 5.92 Å². The molecule has 1 aromatic carbocycles. The van der Waals surface area contributed by atoms with Gasteiger partial charge in [0, 0.05) is 19.6 Å². The standard InChI is InChI=1S/C17H26N2O3/c1-3-22-16-9-14(10-18-11-17(20)21)6-7-15(16)19-8-4-5-13(2)12-19/h6-7,9,13,18H,3-5,8,10-12H2,1-2H3,(H,20,21). The Morgan fingerprint density at radius 1 is 1.50 bits per heavy atom. The Bertz CT molecular complexity index is 505. The van der Waals surface area contributed by atoms with Gasteiger partial charge in [-0.15, -0.1) is 0 Å². The van der Waals surface area contributed by atoms with Crippen molar-refractivity contribution in [1.82, 2.24) is 5.32 Å². The first kappa shape index (κ1) is 16.6. The number of hydrogen-bond acceptors (Lipinski definition) is 4. The van der Waals surface area contributed by atoms with E-state index in [4.69, 9.17) is 9.84 Å². The molecule has 122 valence electrons. The van der Waals surface area contributed by atoms with Crippen LogP contribution in [0.1, 0.15) is 32.3 Å². The Morgan fingerprint density at radius 3 is 3.00 bits per heavy atom. The van der Waals surface area contributed by atoms with Gasteiger partial charge in [-0.3, -0.25) is 4.79 Å². The molecule has 1 atom stereocenters. The highest BCUT2D eigenvalue weighted by atomic mass is 16.5. The number of carboxylic acids is 1. The van der Waals surface area contributed by atoms with E-state index in [9.17, 15) is 4.79 Å². The van der Waals surface area contributed by atoms with E-state index in [-0.39, 0.29) is 6.54 Å². The maximum absolute atomic E-state index is 10.6. The zero-order chi connectivity index (χ0) is 15.9. The van der Waals surface area contributed by atoms with Gasteiger partial charge in [-0.05, 0) is 43.4 Å². The molecule has 0 bridgehead atoms. The number of piperidine rings is 1. The van der Waals surface area contributed by atoms with Crippen LogP contribution < -0.4 is 15.0 Å². The quantitative estimate of drug-likeness (QED) is 0.810. The molecule has 0 aromatic heterocycles. The van der Waals surface area contributed by atoms with Crippen LogP contribution in [0.3, 0.4) is 0 Å². The fourth-order valence-corrected chi connectivity index (χ4v) is 2.92. The molecule has 1 unspecified atom stereocenters. The molecule has 5 nitrogen and oxygen atoms in total. The fraction of sp³-hybridized carbons (Fsp3) is 0.588. The highest BCUT2D eigenvalue weighted by Crippen LogP contribution is 2.32. The summed E-state index contributed by atoms with van der Waals surface area (Å²) in [5.41, 5.74) is 2.19. The Morgan fingerprint density at radius 2 is 2.32 bits per heavy atom. The van der Waals surface area contributed by atoms with E-state index in [0.717, 1.165) is 30.1 Å². The summed E-state index contributed by atoms with van der Waals surface area (Å²) in [4.78, 5) is 13.0. The molecule has 22 heavy (non-hydrogen) atoms. The normalized spacial score (nSPS) is 18.3. The average Bonchev–Trinajstić information content (AvgIpc) is 2.47. The van der Waals surface area contributed by atoms with E-state index >= 15 is 0 Å². The summed E-state index contributed by atoms with van der Waals surface area (Å²) in [6.07, 6.45) is 2.51. The van der Waals surface area contributed by atoms with Gasteiger partial charge < -0.3 is 20.1 Å². The van der Waals surface area contributed by atoms with Crippen LogP contribution in [0.2, 0.25) is 0 Å². The van der Waals surface area contributed by atoms with Gasteiger partial charge in [-0.1, -0.05) is 13.0 Å². The monoisotopic (exact) mass is 306 g/mol. The lowest BCUT2D eigenvalue weighted by Crippen LogP contribution is -2.34. The maximum Gasteiger partial charge on any atom is 0.317 e. The van der Waals surface area contributed by atoms with Crippen LogP contribution in [0.15, 0.2) is 18.2 Å². The third-order valence-corrected chi connectivity index (χ3v) is 3.93. The first-order valence-corrected chi connectivity index (χ1v) is 8.03. The minimum atomic E-state index is -0.844. The molecule has 1 aromatic rings. The summed E-state index contributed by atoms with van der Waals surface area (Å²) >= 11 is 0. The van der Waals surface area contributed by atoms with Crippen LogP contribution in [0, 0.1) is 5.92 Å². The van der Waals surface area contributed by atoms with Crippen LogP contribution in [-0.4, -0.2) is 37.3 Å². The summed E-state index contributed by atoms with van der Waals surface area (Å²) in [7, 11) is 0. The van der Waals surface area contributed by atoms with Crippen LogP contribution >= 0.6 is 0 Å². The third kappa shape index (κ3) is 4.63. The number of anilines is 1. The molecule has 1 aliphatic heterocycles. The summed E-state index contributed by atoms with van der Waals surface area (Å²) in [6.45, 7) is 7.53. The molecule has 1 saturated heterocycles. The molecule has 0 saturated carbocycles. The van der Waals surface area contributed by atoms with Crippen LogP contribution in [-0.2, 0) is 11.3 Å². The average molecular weight is 306 g/mol. The molecular weight excluding hydrogens is 280 g/mol. The van der Waals surface area contributed by atoms with Gasteiger partial charge in [0.05, 0.1) is 18.8 Å². The maximum atomic E-state index is 10.6. The topological polar surface area (TPSA) is 61.8 Å². The molecule has 5 heteroatoms. The number of nitrogens with one attached hydrogen (secondary N) is 1. The van der Waals surface area contributed by atoms with E-state index in [2.05, 4.69) is 23.2 Å². The van der Waals surface area contributed by atoms with E-state index < -0.39 is 5.97 Å². The van der Waals surface area contributed by atoms with Crippen LogP contribution in [0.25, 0.3) is 0 Å². The second-order valence-corrected chi connectivity index (χ2v) is 5.93. The summed E-state index contributed by atoms with van der Waals surface area (Å²) in [5, 5.41) is 11.6. The Hall–Kier alpha value is -1.75. The smallest absolute Gasteiger partial charge is 0.317 e. The molecule has 1 aliphatic rings. The van der Waals surface area contributed by atoms with Gasteiger partial charge in [0.25, 0.3) is 0 Å². The van der Waals surface area contributed by atoms with Crippen molar-refractivity contribution in [2.75, 3.05) is 31.1 Å². The van der Waals surface area contributed by atoms with Gasteiger partial charge in [-0.25, -0.2) is 0 Å². The molecular formula is C17H26N2O3. The van der Waals surface area contributed by atoms with Gasteiger partial charge in [0.15, 0.2) is 0 Å². The zero-order valence-electron chi connectivity index (χ0n) is 13.5. The number of aliphatic carboxylic acids is 1. The fourth-order valence-electron chi connectivity index (χ4n) is 2.92. The molecule has 0 amide bonds. The molecule has 0 spiro atoms. The second-order valence-electron chi connectivity index (χ2n) is 5.93. The lowest BCUT2D eigenvalue weighted by atomic mass is 9.99. The molecule has 1 heterocycles. The van der Waals surface area contributed by atoms with E-state index in [1.165, 1.54) is 12.8 Å². The van der Waals surface area contributed by atoms with Crippen molar-refractivity contribution in [2.45, 2.75) is 33.2 Å². The number of carboxylic acid groups (broad SMARTS) is 1. The Labute approximate surface area is 132 Å². The highest BCUT2D eigenvalue weighted by molar-refractivity contribution is 5.69. The molecule has 0 aliphatic carbocycles. The first-order chi connectivity index (χ1) is 10.6. The van der Waals surface area contributed by atoms with Gasteiger partial charge in [-0.2, -0.15) is 0 Å². The second kappa shape index (κ2) is 8.03. The molecule has 1 fully saturated rings. The van der Waals surface area contributed by atoms with Gasteiger partial charge >= 0.3 is 5.97 Å². The van der Waals surface area contributed by atoms with E-state index in [0.29, 0.717) is 19.1 Å². The predicted molar refractivity (Wildman–Crippen MR) is 87.6 cm³/mol. The van der Waals surface area contributed by atoms with Crippen molar-refractivity contribution >= 4 is 11.7 Å². The summed E-state index contributed by atoms with van der Waals surface area (Å²) in [5.74, 6) is 0.760. The zero-order valence-corrected chi connectivity index (χ0v) is 13.5. The van der Waals surface area contributed by atoms with Gasteiger partial charge in [0.2, 0.25) is 0 Å². The van der Waals surface area contributed by atoms with E-state index in [1.807, 2.05) is 19.1 Å².